The Morgan fingerprint density at radius 1 is 1.44 bits per heavy atom. The molecule has 0 aliphatic carbocycles. The van der Waals surface area contributed by atoms with Gasteiger partial charge in [0.05, 0.1) is 0 Å². The van der Waals surface area contributed by atoms with E-state index in [0.717, 1.165) is 31.6 Å². The van der Waals surface area contributed by atoms with Gasteiger partial charge < -0.3 is 10.2 Å². The Bertz CT molecular complexity index is 464. The van der Waals surface area contributed by atoms with E-state index in [1.165, 1.54) is 24.1 Å². The highest BCUT2D eigenvalue weighted by Gasteiger charge is 2.27. The summed E-state index contributed by atoms with van der Waals surface area (Å²) in [5.41, 5.74) is 3.53. The average molecular weight is 244 g/mol. The van der Waals surface area contributed by atoms with E-state index in [0.29, 0.717) is 6.04 Å². The normalized spacial score (nSPS) is 22.9. The van der Waals surface area contributed by atoms with Crippen LogP contribution in [0.1, 0.15) is 35.7 Å². The van der Waals surface area contributed by atoms with Gasteiger partial charge in [-0.3, -0.25) is 4.79 Å². The van der Waals surface area contributed by atoms with Crippen molar-refractivity contribution in [2.45, 2.75) is 32.2 Å². The largest absolute Gasteiger partial charge is 0.367 e. The van der Waals surface area contributed by atoms with E-state index in [1.54, 1.807) is 6.92 Å². The van der Waals surface area contributed by atoms with Crippen LogP contribution in [0, 0.1) is 0 Å². The number of nitrogens with zero attached hydrogens (tertiary/aromatic N) is 1. The van der Waals surface area contributed by atoms with Gasteiger partial charge in [0.15, 0.2) is 5.78 Å². The fourth-order valence-electron chi connectivity index (χ4n) is 3.13. The Balaban J connectivity index is 1.85. The zero-order chi connectivity index (χ0) is 12.5. The summed E-state index contributed by atoms with van der Waals surface area (Å²) in [6.45, 7) is 4.98. The van der Waals surface area contributed by atoms with Crippen molar-refractivity contribution in [3.8, 4) is 0 Å². The van der Waals surface area contributed by atoms with Gasteiger partial charge in [0.25, 0.3) is 0 Å². The lowest BCUT2D eigenvalue weighted by Crippen LogP contribution is -2.45. The molecule has 1 aromatic rings. The van der Waals surface area contributed by atoms with Gasteiger partial charge in [0.1, 0.15) is 0 Å². The highest BCUT2D eigenvalue weighted by atomic mass is 16.1. The zero-order valence-corrected chi connectivity index (χ0v) is 10.9. The SMILES string of the molecule is CC(=O)c1ccc2c(c1)CCN2C1CCCNC1. The summed E-state index contributed by atoms with van der Waals surface area (Å²) in [7, 11) is 0. The van der Waals surface area contributed by atoms with Crippen LogP contribution in [0.4, 0.5) is 5.69 Å². The molecule has 1 unspecified atom stereocenters. The molecule has 3 heteroatoms. The van der Waals surface area contributed by atoms with Crippen LogP contribution < -0.4 is 10.2 Å². The first-order valence-electron chi connectivity index (χ1n) is 6.87. The molecule has 0 bridgehead atoms. The van der Waals surface area contributed by atoms with Gasteiger partial charge in [-0.25, -0.2) is 0 Å². The number of carbonyl (C=O) groups excluding carboxylic acids is 1. The Labute approximate surface area is 108 Å². The fourth-order valence-corrected chi connectivity index (χ4v) is 3.13. The van der Waals surface area contributed by atoms with E-state index in [9.17, 15) is 4.79 Å². The Kier molecular flexibility index (Phi) is 3.08. The number of hydrogen-bond acceptors (Lipinski definition) is 3. The van der Waals surface area contributed by atoms with E-state index < -0.39 is 0 Å². The number of Topliss-reactive ketones (excluding diaryl/α,β-unsaturated/α-hetero) is 1. The van der Waals surface area contributed by atoms with E-state index in [-0.39, 0.29) is 5.78 Å². The molecule has 1 N–H and O–H groups in total. The minimum absolute atomic E-state index is 0.163. The van der Waals surface area contributed by atoms with E-state index in [1.807, 2.05) is 6.07 Å². The number of piperidine rings is 1. The maximum atomic E-state index is 11.4. The molecule has 1 aromatic carbocycles. The molecule has 96 valence electrons. The molecular formula is C15H20N2O. The van der Waals surface area contributed by atoms with Crippen LogP contribution in [0.25, 0.3) is 0 Å². The van der Waals surface area contributed by atoms with Gasteiger partial charge >= 0.3 is 0 Å². The number of hydrogen-bond donors (Lipinski definition) is 1. The quantitative estimate of drug-likeness (QED) is 0.808. The first kappa shape index (κ1) is 11.7. The topological polar surface area (TPSA) is 32.3 Å². The summed E-state index contributed by atoms with van der Waals surface area (Å²) in [6.07, 6.45) is 3.62. The maximum absolute atomic E-state index is 11.4. The molecule has 3 nitrogen and oxygen atoms in total. The third-order valence-electron chi connectivity index (χ3n) is 4.13. The average Bonchev–Trinajstić information content (AvgIpc) is 2.82. The van der Waals surface area contributed by atoms with Crippen molar-refractivity contribution in [2.24, 2.45) is 0 Å². The van der Waals surface area contributed by atoms with Crippen molar-refractivity contribution in [3.05, 3.63) is 29.3 Å². The maximum Gasteiger partial charge on any atom is 0.159 e. The predicted molar refractivity (Wildman–Crippen MR) is 73.4 cm³/mol. The van der Waals surface area contributed by atoms with E-state index >= 15 is 0 Å². The predicted octanol–water partition coefficient (Wildman–Crippen LogP) is 2.00. The molecule has 2 heterocycles. The summed E-state index contributed by atoms with van der Waals surface area (Å²) >= 11 is 0. The Hall–Kier alpha value is -1.35. The minimum Gasteiger partial charge on any atom is -0.367 e. The van der Waals surface area contributed by atoms with Crippen LogP contribution in [0.2, 0.25) is 0 Å². The molecule has 1 fully saturated rings. The lowest BCUT2D eigenvalue weighted by Gasteiger charge is -2.33. The monoisotopic (exact) mass is 244 g/mol. The second-order valence-electron chi connectivity index (χ2n) is 5.34. The molecule has 3 rings (SSSR count). The van der Waals surface area contributed by atoms with Crippen LogP contribution in [0.15, 0.2) is 18.2 Å². The molecule has 18 heavy (non-hydrogen) atoms. The third-order valence-corrected chi connectivity index (χ3v) is 4.13. The van der Waals surface area contributed by atoms with Crippen molar-refractivity contribution in [2.75, 3.05) is 24.5 Å². The second-order valence-corrected chi connectivity index (χ2v) is 5.34. The summed E-state index contributed by atoms with van der Waals surface area (Å²) in [5, 5.41) is 3.48. The molecule has 1 saturated heterocycles. The standard InChI is InChI=1S/C15H20N2O/c1-11(18)12-4-5-15-13(9-12)6-8-17(15)14-3-2-7-16-10-14/h4-5,9,14,16H,2-3,6-8,10H2,1H3. The zero-order valence-electron chi connectivity index (χ0n) is 10.9. The van der Waals surface area contributed by atoms with Crippen molar-refractivity contribution in [1.29, 1.82) is 0 Å². The van der Waals surface area contributed by atoms with Gasteiger partial charge in [-0.15, -0.1) is 0 Å². The number of fused-ring (bicyclic) bond motifs is 1. The van der Waals surface area contributed by atoms with Gasteiger partial charge in [-0.2, -0.15) is 0 Å². The third kappa shape index (κ3) is 2.03. The van der Waals surface area contributed by atoms with Gasteiger partial charge in [0.2, 0.25) is 0 Å². The van der Waals surface area contributed by atoms with Crippen LogP contribution in [0.3, 0.4) is 0 Å². The van der Waals surface area contributed by atoms with Crippen LogP contribution in [-0.2, 0) is 6.42 Å². The van der Waals surface area contributed by atoms with Crippen LogP contribution >= 0.6 is 0 Å². The number of rotatable bonds is 2. The van der Waals surface area contributed by atoms with Crippen molar-refractivity contribution >= 4 is 11.5 Å². The summed E-state index contributed by atoms with van der Waals surface area (Å²) in [6, 6.07) is 6.81. The van der Waals surface area contributed by atoms with E-state index in [4.69, 9.17) is 0 Å². The number of nitrogens with one attached hydrogen (secondary N) is 1. The highest BCUT2D eigenvalue weighted by molar-refractivity contribution is 5.94. The molecule has 0 amide bonds. The molecule has 2 aliphatic heterocycles. The van der Waals surface area contributed by atoms with Crippen molar-refractivity contribution < 1.29 is 4.79 Å². The van der Waals surface area contributed by atoms with E-state index in [2.05, 4.69) is 22.3 Å². The molecule has 2 aliphatic rings. The van der Waals surface area contributed by atoms with Crippen LogP contribution in [0.5, 0.6) is 0 Å². The highest BCUT2D eigenvalue weighted by Crippen LogP contribution is 2.32. The number of ketones is 1. The van der Waals surface area contributed by atoms with Gasteiger partial charge in [-0.1, -0.05) is 0 Å². The minimum atomic E-state index is 0.163. The summed E-state index contributed by atoms with van der Waals surface area (Å²) in [4.78, 5) is 13.9. The molecule has 0 saturated carbocycles. The van der Waals surface area contributed by atoms with Gasteiger partial charge in [-0.05, 0) is 56.5 Å². The fraction of sp³-hybridized carbons (Fsp3) is 0.533. The number of carbonyl (C=O) groups is 1. The number of benzene rings is 1. The Morgan fingerprint density at radius 3 is 3.06 bits per heavy atom. The molecule has 1 atom stereocenters. The smallest absolute Gasteiger partial charge is 0.159 e. The Morgan fingerprint density at radius 2 is 2.33 bits per heavy atom. The lowest BCUT2D eigenvalue weighted by atomic mass is 10.0. The van der Waals surface area contributed by atoms with Crippen molar-refractivity contribution in [3.63, 3.8) is 0 Å². The lowest BCUT2D eigenvalue weighted by molar-refractivity contribution is 0.101. The molecule has 0 spiro atoms. The second kappa shape index (κ2) is 4.73. The molecule has 0 aromatic heterocycles. The molecular weight excluding hydrogens is 224 g/mol. The summed E-state index contributed by atoms with van der Waals surface area (Å²) in [5.74, 6) is 0.163. The summed E-state index contributed by atoms with van der Waals surface area (Å²) < 4.78 is 0. The first-order chi connectivity index (χ1) is 8.75. The first-order valence-corrected chi connectivity index (χ1v) is 6.87. The number of anilines is 1. The molecule has 0 radical (unpaired) electrons. The van der Waals surface area contributed by atoms with Crippen LogP contribution in [-0.4, -0.2) is 31.5 Å². The van der Waals surface area contributed by atoms with Crippen molar-refractivity contribution in [1.82, 2.24) is 5.32 Å². The van der Waals surface area contributed by atoms with Gasteiger partial charge in [0, 0.05) is 30.4 Å².